The first kappa shape index (κ1) is 23.3. The lowest BCUT2D eigenvalue weighted by molar-refractivity contribution is -0.140. The van der Waals surface area contributed by atoms with E-state index in [9.17, 15) is 18.0 Å². The maximum Gasteiger partial charge on any atom is 0.309 e. The van der Waals surface area contributed by atoms with E-state index in [2.05, 4.69) is 10.6 Å². The van der Waals surface area contributed by atoms with Crippen molar-refractivity contribution in [2.75, 3.05) is 26.2 Å². The fourth-order valence-corrected chi connectivity index (χ4v) is 5.49. The molecule has 29 heavy (non-hydrogen) atoms. The van der Waals surface area contributed by atoms with Crippen molar-refractivity contribution in [2.24, 2.45) is 0 Å². The van der Waals surface area contributed by atoms with Crippen molar-refractivity contribution in [3.8, 4) is 0 Å². The molecule has 1 aromatic rings. The van der Waals surface area contributed by atoms with Gasteiger partial charge in [0, 0.05) is 13.1 Å². The van der Waals surface area contributed by atoms with Crippen LogP contribution < -0.4 is 10.6 Å². The number of unbranched alkanes of at least 4 members (excludes halogenated alkanes) is 1. The van der Waals surface area contributed by atoms with E-state index >= 15 is 0 Å². The second kappa shape index (κ2) is 10.2. The number of rotatable bonds is 7. The Bertz CT molecular complexity index is 831. The van der Waals surface area contributed by atoms with E-state index in [1.807, 2.05) is 26.0 Å². The molecule has 2 N–H and O–H groups in total. The van der Waals surface area contributed by atoms with Gasteiger partial charge >= 0.3 is 11.8 Å². The molecule has 2 amide bonds. The summed E-state index contributed by atoms with van der Waals surface area (Å²) in [5.74, 6) is -1.52. The number of carbonyl (C=O) groups is 2. The summed E-state index contributed by atoms with van der Waals surface area (Å²) in [4.78, 5) is 24.1. The van der Waals surface area contributed by atoms with Crippen LogP contribution in [0.1, 0.15) is 42.9 Å². The summed E-state index contributed by atoms with van der Waals surface area (Å²) >= 11 is 0. The summed E-state index contributed by atoms with van der Waals surface area (Å²) in [5.41, 5.74) is 2.34. The largest absolute Gasteiger partial charge is 0.360 e. The Morgan fingerprint density at radius 1 is 1.14 bits per heavy atom. The fraction of sp³-hybridized carbons (Fsp3) is 0.600. The number of sulfonamides is 1. The van der Waals surface area contributed by atoms with Crippen molar-refractivity contribution in [1.82, 2.24) is 14.9 Å². The van der Waals surface area contributed by atoms with Gasteiger partial charge in [-0.05, 0) is 44.7 Å². The highest BCUT2D eigenvalue weighted by molar-refractivity contribution is 7.89. The Hall–Kier alpha value is -1.97. The normalized spacial score (nSPS) is 17.7. The molecular formula is C20H31N3O5S. The van der Waals surface area contributed by atoms with E-state index in [1.54, 1.807) is 13.8 Å². The van der Waals surface area contributed by atoms with E-state index in [4.69, 9.17) is 4.74 Å². The van der Waals surface area contributed by atoms with Crippen LogP contribution in [-0.2, 0) is 24.3 Å². The van der Waals surface area contributed by atoms with Crippen LogP contribution >= 0.6 is 0 Å². The number of amides is 2. The molecule has 1 aliphatic rings. The number of hydrogen-bond acceptors (Lipinski definition) is 5. The molecule has 2 rings (SSSR count). The zero-order valence-electron chi connectivity index (χ0n) is 17.6. The molecule has 162 valence electrons. The zero-order chi connectivity index (χ0) is 21.6. The maximum absolute atomic E-state index is 13.4. The van der Waals surface area contributed by atoms with Crippen molar-refractivity contribution >= 4 is 21.8 Å². The summed E-state index contributed by atoms with van der Waals surface area (Å²) in [7, 11) is -3.82. The monoisotopic (exact) mass is 425 g/mol. The average molecular weight is 426 g/mol. The molecular weight excluding hydrogens is 394 g/mol. The molecule has 1 aliphatic heterocycles. The molecule has 0 aromatic heterocycles. The molecule has 0 bridgehead atoms. The minimum Gasteiger partial charge on any atom is -0.360 e. The molecule has 1 atom stereocenters. The van der Waals surface area contributed by atoms with Crippen LogP contribution in [0.3, 0.4) is 0 Å². The Morgan fingerprint density at radius 3 is 2.38 bits per heavy atom. The van der Waals surface area contributed by atoms with Gasteiger partial charge in [-0.3, -0.25) is 9.59 Å². The third-order valence-corrected chi connectivity index (χ3v) is 6.98. The first-order valence-electron chi connectivity index (χ1n) is 9.95. The third-order valence-electron chi connectivity index (χ3n) is 4.78. The summed E-state index contributed by atoms with van der Waals surface area (Å²) in [6.07, 6.45) is 1.39. The van der Waals surface area contributed by atoms with Crippen LogP contribution in [0.15, 0.2) is 17.0 Å². The highest BCUT2D eigenvalue weighted by atomic mass is 32.2. The smallest absolute Gasteiger partial charge is 0.309 e. The second-order valence-corrected chi connectivity index (χ2v) is 9.17. The molecule has 0 radical (unpaired) electrons. The zero-order valence-corrected chi connectivity index (χ0v) is 18.4. The number of nitrogens with one attached hydrogen (secondary N) is 2. The highest BCUT2D eigenvalue weighted by Crippen LogP contribution is 2.28. The number of nitrogens with zero attached hydrogens (tertiary/aromatic N) is 1. The molecule has 0 unspecified atom stereocenters. The van der Waals surface area contributed by atoms with Gasteiger partial charge in [0.15, 0.2) is 0 Å². The highest BCUT2D eigenvalue weighted by Gasteiger charge is 2.36. The Morgan fingerprint density at radius 2 is 1.76 bits per heavy atom. The maximum atomic E-state index is 13.4. The van der Waals surface area contributed by atoms with Crippen molar-refractivity contribution in [2.45, 2.75) is 58.1 Å². The van der Waals surface area contributed by atoms with Crippen LogP contribution in [0.25, 0.3) is 0 Å². The molecule has 0 saturated carbocycles. The number of hydrogen-bond donors (Lipinski definition) is 2. The van der Waals surface area contributed by atoms with Gasteiger partial charge in [-0.25, -0.2) is 8.42 Å². The summed E-state index contributed by atoms with van der Waals surface area (Å²) in [6.45, 7) is 8.46. The quantitative estimate of drug-likeness (QED) is 0.507. The number of carbonyl (C=O) groups excluding carboxylic acids is 2. The van der Waals surface area contributed by atoms with Gasteiger partial charge in [-0.15, -0.1) is 0 Å². The SMILES string of the molecule is CCCCNC(=O)C(=O)NC[C@@H]1OCCCN1S(=O)(=O)c1c(C)cc(C)cc1C. The second-order valence-electron chi connectivity index (χ2n) is 7.34. The Kier molecular flexibility index (Phi) is 8.18. The van der Waals surface area contributed by atoms with Crippen molar-refractivity contribution in [3.05, 3.63) is 28.8 Å². The lowest BCUT2D eigenvalue weighted by Gasteiger charge is -2.35. The van der Waals surface area contributed by atoms with E-state index in [-0.39, 0.29) is 11.4 Å². The number of ether oxygens (including phenoxy) is 1. The minimum absolute atomic E-state index is 0.0940. The summed E-state index contributed by atoms with van der Waals surface area (Å²) < 4.78 is 33.6. The lowest BCUT2D eigenvalue weighted by atomic mass is 10.1. The Labute approximate surface area is 173 Å². The van der Waals surface area contributed by atoms with E-state index < -0.39 is 28.1 Å². The standard InChI is InChI=1S/C20H31N3O5S/c1-5-6-8-21-19(24)20(25)22-13-17-23(9-7-10-28-17)29(26,27)18-15(3)11-14(2)12-16(18)4/h11-12,17H,5-10,13H2,1-4H3,(H,21,24)(H,22,25)/t17-/m0/s1. The molecule has 0 spiro atoms. The first-order valence-corrected chi connectivity index (χ1v) is 11.4. The summed E-state index contributed by atoms with van der Waals surface area (Å²) in [6, 6.07) is 3.67. The molecule has 9 heteroatoms. The Balaban J connectivity index is 2.13. The van der Waals surface area contributed by atoms with Gasteiger partial charge < -0.3 is 15.4 Å². The van der Waals surface area contributed by atoms with Crippen molar-refractivity contribution in [1.29, 1.82) is 0 Å². The number of benzene rings is 1. The first-order chi connectivity index (χ1) is 13.7. The average Bonchev–Trinajstić information content (AvgIpc) is 2.65. The minimum atomic E-state index is -3.82. The molecule has 1 heterocycles. The molecule has 0 aliphatic carbocycles. The van der Waals surface area contributed by atoms with Gasteiger partial charge in [-0.2, -0.15) is 4.31 Å². The predicted molar refractivity (Wildman–Crippen MR) is 110 cm³/mol. The van der Waals surface area contributed by atoms with Gasteiger partial charge in [0.1, 0.15) is 6.23 Å². The lowest BCUT2D eigenvalue weighted by Crippen LogP contribution is -2.53. The molecule has 1 fully saturated rings. The molecule has 8 nitrogen and oxygen atoms in total. The number of aryl methyl sites for hydroxylation is 3. The predicted octanol–water partition coefficient (Wildman–Crippen LogP) is 1.38. The van der Waals surface area contributed by atoms with Gasteiger partial charge in [-0.1, -0.05) is 31.0 Å². The van der Waals surface area contributed by atoms with Gasteiger partial charge in [0.25, 0.3) is 0 Å². The third kappa shape index (κ3) is 5.77. The van der Waals surface area contributed by atoms with E-state index in [0.29, 0.717) is 37.2 Å². The van der Waals surface area contributed by atoms with Gasteiger partial charge in [0.2, 0.25) is 10.0 Å². The molecule has 1 aromatic carbocycles. The van der Waals surface area contributed by atoms with Crippen molar-refractivity contribution in [3.63, 3.8) is 0 Å². The van der Waals surface area contributed by atoms with E-state index in [0.717, 1.165) is 18.4 Å². The van der Waals surface area contributed by atoms with Crippen LogP contribution in [0.5, 0.6) is 0 Å². The molecule has 1 saturated heterocycles. The van der Waals surface area contributed by atoms with Crippen LogP contribution in [0.2, 0.25) is 0 Å². The van der Waals surface area contributed by atoms with E-state index in [1.165, 1.54) is 4.31 Å². The van der Waals surface area contributed by atoms with Crippen LogP contribution in [0.4, 0.5) is 0 Å². The van der Waals surface area contributed by atoms with Crippen LogP contribution in [0, 0.1) is 20.8 Å². The topological polar surface area (TPSA) is 105 Å². The van der Waals surface area contributed by atoms with Crippen molar-refractivity contribution < 1.29 is 22.7 Å². The fourth-order valence-electron chi connectivity index (χ4n) is 3.51. The van der Waals surface area contributed by atoms with Gasteiger partial charge in [0.05, 0.1) is 18.0 Å². The van der Waals surface area contributed by atoms with Crippen LogP contribution in [-0.4, -0.2) is 57.0 Å². The summed E-state index contributed by atoms with van der Waals surface area (Å²) in [5, 5.41) is 5.02.